The highest BCUT2D eigenvalue weighted by Crippen LogP contribution is 2.25. The largest absolute Gasteiger partial charge is 0.444 e. The van der Waals surface area contributed by atoms with Crippen molar-refractivity contribution < 1.29 is 22.7 Å². The lowest BCUT2D eigenvalue weighted by atomic mass is 10.1. The Balaban J connectivity index is 1.56. The zero-order chi connectivity index (χ0) is 21.1. The van der Waals surface area contributed by atoms with Gasteiger partial charge in [0.05, 0.1) is 10.5 Å². The summed E-state index contributed by atoms with van der Waals surface area (Å²) < 4.78 is 32.6. The van der Waals surface area contributed by atoms with E-state index in [-0.39, 0.29) is 22.4 Å². The average molecular weight is 429 g/mol. The highest BCUT2D eigenvalue weighted by atomic mass is 32.2. The van der Waals surface area contributed by atoms with Crippen LogP contribution in [0.4, 0.5) is 0 Å². The van der Waals surface area contributed by atoms with Crippen molar-refractivity contribution in [1.82, 2.24) is 9.62 Å². The van der Waals surface area contributed by atoms with E-state index in [4.69, 9.17) is 4.74 Å². The van der Waals surface area contributed by atoms with Crippen LogP contribution in [-0.4, -0.2) is 43.7 Å². The minimum absolute atomic E-state index is 0.0533. The van der Waals surface area contributed by atoms with Crippen molar-refractivity contribution in [3.05, 3.63) is 65.7 Å². The molecule has 1 N–H and O–H groups in total. The standard InChI is InChI=1S/C22H24N2O5S/c25-21(23-18-11-12-18)20(16-7-2-1-3-8-16)29-22(26)17-9-6-10-19(15-17)30(27,28)24-13-4-5-14-24/h1-3,6-10,15,18,20H,4-5,11-14H2,(H,23,25)/t20-/m1/s1. The third-order valence-electron chi connectivity index (χ3n) is 5.26. The number of benzene rings is 2. The minimum atomic E-state index is -3.65. The van der Waals surface area contributed by atoms with Crippen molar-refractivity contribution in [1.29, 1.82) is 0 Å². The van der Waals surface area contributed by atoms with E-state index in [0.29, 0.717) is 18.7 Å². The Morgan fingerprint density at radius 3 is 2.37 bits per heavy atom. The number of hydrogen-bond donors (Lipinski definition) is 1. The summed E-state index contributed by atoms with van der Waals surface area (Å²) in [5, 5.41) is 2.86. The van der Waals surface area contributed by atoms with Crippen LogP contribution in [0.1, 0.15) is 47.7 Å². The number of ether oxygens (including phenoxy) is 1. The van der Waals surface area contributed by atoms with Gasteiger partial charge in [0.25, 0.3) is 5.91 Å². The van der Waals surface area contributed by atoms with E-state index in [1.54, 1.807) is 24.3 Å². The molecule has 1 atom stereocenters. The van der Waals surface area contributed by atoms with Crippen molar-refractivity contribution in [3.63, 3.8) is 0 Å². The predicted molar refractivity (Wildman–Crippen MR) is 110 cm³/mol. The van der Waals surface area contributed by atoms with Gasteiger partial charge in [-0.25, -0.2) is 13.2 Å². The Hall–Kier alpha value is -2.71. The van der Waals surface area contributed by atoms with E-state index in [0.717, 1.165) is 25.7 Å². The lowest BCUT2D eigenvalue weighted by molar-refractivity contribution is -0.130. The Morgan fingerprint density at radius 2 is 1.70 bits per heavy atom. The van der Waals surface area contributed by atoms with Gasteiger partial charge in [0.2, 0.25) is 16.1 Å². The molecule has 0 unspecified atom stereocenters. The maximum atomic E-state index is 12.8. The fourth-order valence-corrected chi connectivity index (χ4v) is 5.00. The van der Waals surface area contributed by atoms with Crippen LogP contribution < -0.4 is 5.32 Å². The Labute approximate surface area is 176 Å². The van der Waals surface area contributed by atoms with Gasteiger partial charge in [0.1, 0.15) is 0 Å². The topological polar surface area (TPSA) is 92.8 Å². The smallest absolute Gasteiger partial charge is 0.339 e. The van der Waals surface area contributed by atoms with Crippen LogP contribution in [0.2, 0.25) is 0 Å². The maximum Gasteiger partial charge on any atom is 0.339 e. The summed E-state index contributed by atoms with van der Waals surface area (Å²) in [6.45, 7) is 0.961. The lowest BCUT2D eigenvalue weighted by Gasteiger charge is -2.19. The molecule has 1 aliphatic heterocycles. The fraction of sp³-hybridized carbons (Fsp3) is 0.364. The van der Waals surface area contributed by atoms with Gasteiger partial charge >= 0.3 is 5.97 Å². The SMILES string of the molecule is O=C(O[C@@H](C(=O)NC1CC1)c1ccccc1)c1cccc(S(=O)(=O)N2CCCC2)c1. The molecular weight excluding hydrogens is 404 g/mol. The van der Waals surface area contributed by atoms with Crippen LogP contribution in [0, 0.1) is 0 Å². The van der Waals surface area contributed by atoms with Crippen LogP contribution >= 0.6 is 0 Å². The molecule has 1 amide bonds. The molecular formula is C22H24N2O5S. The third-order valence-corrected chi connectivity index (χ3v) is 7.16. The predicted octanol–water partition coefficient (Wildman–Crippen LogP) is 2.65. The highest BCUT2D eigenvalue weighted by molar-refractivity contribution is 7.89. The first-order valence-corrected chi connectivity index (χ1v) is 11.6. The normalized spacial score (nSPS) is 18.0. The summed E-state index contributed by atoms with van der Waals surface area (Å²) in [5.74, 6) is -1.12. The molecule has 2 aromatic carbocycles. The summed E-state index contributed by atoms with van der Waals surface area (Å²) in [7, 11) is -3.65. The molecule has 2 aromatic rings. The molecule has 0 radical (unpaired) electrons. The van der Waals surface area contributed by atoms with Crippen molar-refractivity contribution in [3.8, 4) is 0 Å². The number of nitrogens with one attached hydrogen (secondary N) is 1. The molecule has 30 heavy (non-hydrogen) atoms. The molecule has 0 aromatic heterocycles. The Bertz CT molecular complexity index is 1030. The van der Waals surface area contributed by atoms with E-state index in [1.807, 2.05) is 6.07 Å². The van der Waals surface area contributed by atoms with Crippen LogP contribution in [0.15, 0.2) is 59.5 Å². The van der Waals surface area contributed by atoms with Crippen LogP contribution in [0.5, 0.6) is 0 Å². The second kappa shape index (κ2) is 8.57. The quantitative estimate of drug-likeness (QED) is 0.685. The third kappa shape index (κ3) is 4.55. The molecule has 0 bridgehead atoms. The Kier molecular flexibility index (Phi) is 5.87. The number of carbonyl (C=O) groups excluding carboxylic acids is 2. The van der Waals surface area contributed by atoms with E-state index in [2.05, 4.69) is 5.32 Å². The van der Waals surface area contributed by atoms with Crippen LogP contribution in [0.25, 0.3) is 0 Å². The number of sulfonamides is 1. The molecule has 4 rings (SSSR count). The average Bonchev–Trinajstić information content (AvgIpc) is 3.39. The molecule has 8 heteroatoms. The second-order valence-electron chi connectivity index (χ2n) is 7.62. The number of hydrogen-bond acceptors (Lipinski definition) is 5. The monoisotopic (exact) mass is 428 g/mol. The van der Waals surface area contributed by atoms with Crippen LogP contribution in [0.3, 0.4) is 0 Å². The first-order valence-electron chi connectivity index (χ1n) is 10.1. The molecule has 158 valence electrons. The molecule has 0 spiro atoms. The van der Waals surface area contributed by atoms with Crippen molar-refractivity contribution >= 4 is 21.9 Å². The zero-order valence-corrected chi connectivity index (χ0v) is 17.3. The zero-order valence-electron chi connectivity index (χ0n) is 16.5. The summed E-state index contributed by atoms with van der Waals surface area (Å²) in [5.41, 5.74) is 0.653. The fourth-order valence-electron chi connectivity index (χ4n) is 3.44. The van der Waals surface area contributed by atoms with Gasteiger partial charge in [-0.3, -0.25) is 4.79 Å². The Morgan fingerprint density at radius 1 is 1.00 bits per heavy atom. The summed E-state index contributed by atoms with van der Waals surface area (Å²) >= 11 is 0. The summed E-state index contributed by atoms with van der Waals surface area (Å²) in [6.07, 6.45) is 2.39. The van der Waals surface area contributed by atoms with Gasteiger partial charge < -0.3 is 10.1 Å². The number of rotatable bonds is 7. The molecule has 1 heterocycles. The minimum Gasteiger partial charge on any atom is -0.444 e. The number of carbonyl (C=O) groups is 2. The van der Waals surface area contributed by atoms with Crippen molar-refractivity contribution in [2.45, 2.75) is 42.7 Å². The second-order valence-corrected chi connectivity index (χ2v) is 9.56. The molecule has 1 saturated heterocycles. The van der Waals surface area contributed by atoms with Crippen molar-refractivity contribution in [2.24, 2.45) is 0 Å². The molecule has 1 saturated carbocycles. The lowest BCUT2D eigenvalue weighted by Crippen LogP contribution is -2.33. The van der Waals surface area contributed by atoms with Gasteiger partial charge in [0, 0.05) is 24.7 Å². The molecule has 1 aliphatic carbocycles. The summed E-state index contributed by atoms with van der Waals surface area (Å²) in [4.78, 5) is 25.5. The molecule has 2 aliphatic rings. The number of amides is 1. The van der Waals surface area contributed by atoms with E-state index in [9.17, 15) is 18.0 Å². The first-order chi connectivity index (χ1) is 14.4. The van der Waals surface area contributed by atoms with E-state index in [1.165, 1.54) is 28.6 Å². The van der Waals surface area contributed by atoms with Gasteiger partial charge in [-0.15, -0.1) is 0 Å². The molecule has 2 fully saturated rings. The van der Waals surface area contributed by atoms with Gasteiger partial charge in [-0.05, 0) is 43.9 Å². The van der Waals surface area contributed by atoms with Crippen molar-refractivity contribution in [2.75, 3.05) is 13.1 Å². The number of nitrogens with zero attached hydrogens (tertiary/aromatic N) is 1. The summed E-state index contributed by atoms with van der Waals surface area (Å²) in [6, 6.07) is 14.7. The molecule has 7 nitrogen and oxygen atoms in total. The first kappa shape index (κ1) is 20.6. The highest BCUT2D eigenvalue weighted by Gasteiger charge is 2.32. The van der Waals surface area contributed by atoms with Crippen LogP contribution in [-0.2, 0) is 19.6 Å². The van der Waals surface area contributed by atoms with Gasteiger partial charge in [-0.1, -0.05) is 36.4 Å². The maximum absolute atomic E-state index is 12.8. The van der Waals surface area contributed by atoms with E-state index >= 15 is 0 Å². The number of esters is 1. The van der Waals surface area contributed by atoms with Gasteiger partial charge in [0.15, 0.2) is 0 Å². The van der Waals surface area contributed by atoms with Gasteiger partial charge in [-0.2, -0.15) is 4.31 Å². The van der Waals surface area contributed by atoms with E-state index < -0.39 is 22.1 Å².